The zero-order chi connectivity index (χ0) is 19.0. The molecule has 0 saturated heterocycles. The average Bonchev–Trinajstić information content (AvgIpc) is 3.22. The number of benzene rings is 1. The fraction of sp³-hybridized carbons (Fsp3) is 0.381. The molecular formula is C21H24N4O2. The quantitative estimate of drug-likeness (QED) is 0.767. The van der Waals surface area contributed by atoms with E-state index < -0.39 is 0 Å². The number of nitrogens with one attached hydrogen (secondary N) is 1. The number of aromatic nitrogens is 3. The van der Waals surface area contributed by atoms with Crippen LogP contribution in [-0.2, 0) is 13.0 Å². The molecule has 1 atom stereocenters. The van der Waals surface area contributed by atoms with E-state index in [0.29, 0.717) is 5.69 Å². The number of nitrogens with zero attached hydrogens (tertiary/aromatic N) is 3. The molecule has 27 heavy (non-hydrogen) atoms. The van der Waals surface area contributed by atoms with Crippen LogP contribution in [0.1, 0.15) is 59.4 Å². The van der Waals surface area contributed by atoms with Crippen molar-refractivity contribution in [3.8, 4) is 0 Å². The molecule has 0 aliphatic heterocycles. The van der Waals surface area contributed by atoms with Gasteiger partial charge in [-0.05, 0) is 30.7 Å². The molecule has 140 valence electrons. The second kappa shape index (κ2) is 6.68. The van der Waals surface area contributed by atoms with Crippen LogP contribution in [0.2, 0.25) is 0 Å². The Morgan fingerprint density at radius 3 is 2.81 bits per heavy atom. The van der Waals surface area contributed by atoms with Crippen molar-refractivity contribution in [2.24, 2.45) is 5.41 Å². The summed E-state index contributed by atoms with van der Waals surface area (Å²) in [5, 5.41) is 11.5. The molecule has 0 radical (unpaired) electrons. The summed E-state index contributed by atoms with van der Waals surface area (Å²) in [6.07, 6.45) is 3.68. The van der Waals surface area contributed by atoms with Gasteiger partial charge in [-0.2, -0.15) is 5.10 Å². The number of carbonyl (C=O) groups is 1. The number of hydrogen-bond donors (Lipinski definition) is 1. The van der Waals surface area contributed by atoms with Crippen LogP contribution < -0.4 is 5.32 Å². The Morgan fingerprint density at radius 2 is 2.11 bits per heavy atom. The molecule has 0 fully saturated rings. The van der Waals surface area contributed by atoms with Gasteiger partial charge >= 0.3 is 0 Å². The number of amides is 1. The van der Waals surface area contributed by atoms with E-state index in [0.717, 1.165) is 24.9 Å². The SMILES string of the molecule is Cc1cc(C(=O)NC2CC(C)(C)Cc3c2cnn3Cc2ccccc2)on1. The predicted octanol–water partition coefficient (Wildman–Crippen LogP) is 3.67. The maximum Gasteiger partial charge on any atom is 0.290 e. The molecule has 1 aliphatic carbocycles. The molecular weight excluding hydrogens is 340 g/mol. The highest BCUT2D eigenvalue weighted by Gasteiger charge is 2.36. The van der Waals surface area contributed by atoms with Crippen LogP contribution in [0, 0.1) is 12.3 Å². The summed E-state index contributed by atoms with van der Waals surface area (Å²) in [5.74, 6) is 0.00849. The van der Waals surface area contributed by atoms with Crippen LogP contribution in [0.5, 0.6) is 0 Å². The molecule has 1 unspecified atom stereocenters. The van der Waals surface area contributed by atoms with Crippen molar-refractivity contribution in [2.75, 3.05) is 0 Å². The Hall–Kier alpha value is -2.89. The first-order valence-electron chi connectivity index (χ1n) is 9.24. The van der Waals surface area contributed by atoms with Gasteiger partial charge in [-0.25, -0.2) is 0 Å². The molecule has 6 nitrogen and oxygen atoms in total. The molecule has 2 heterocycles. The lowest BCUT2D eigenvalue weighted by Gasteiger charge is -2.35. The van der Waals surface area contributed by atoms with E-state index in [4.69, 9.17) is 4.52 Å². The van der Waals surface area contributed by atoms with Crippen molar-refractivity contribution in [1.29, 1.82) is 0 Å². The minimum Gasteiger partial charge on any atom is -0.351 e. The Bertz CT molecular complexity index is 956. The molecule has 3 aromatic rings. The zero-order valence-corrected chi connectivity index (χ0v) is 15.9. The van der Waals surface area contributed by atoms with Crippen LogP contribution in [-0.4, -0.2) is 20.8 Å². The normalized spacial score (nSPS) is 18.1. The topological polar surface area (TPSA) is 73.0 Å². The van der Waals surface area contributed by atoms with Gasteiger partial charge in [0.2, 0.25) is 5.76 Å². The summed E-state index contributed by atoms with van der Waals surface area (Å²) < 4.78 is 7.17. The summed E-state index contributed by atoms with van der Waals surface area (Å²) in [6, 6.07) is 11.9. The smallest absolute Gasteiger partial charge is 0.290 e. The van der Waals surface area contributed by atoms with E-state index in [9.17, 15) is 4.79 Å². The first-order chi connectivity index (χ1) is 12.9. The molecule has 1 amide bonds. The van der Waals surface area contributed by atoms with Crippen LogP contribution in [0.15, 0.2) is 47.1 Å². The van der Waals surface area contributed by atoms with Gasteiger partial charge < -0.3 is 9.84 Å². The third-order valence-corrected chi connectivity index (χ3v) is 5.09. The van der Waals surface area contributed by atoms with Crippen molar-refractivity contribution >= 4 is 5.91 Å². The Morgan fingerprint density at radius 1 is 1.33 bits per heavy atom. The second-order valence-electron chi connectivity index (χ2n) is 8.09. The van der Waals surface area contributed by atoms with Gasteiger partial charge in [-0.1, -0.05) is 49.3 Å². The Kier molecular flexibility index (Phi) is 4.34. The van der Waals surface area contributed by atoms with Crippen LogP contribution >= 0.6 is 0 Å². The van der Waals surface area contributed by atoms with E-state index in [1.54, 1.807) is 13.0 Å². The second-order valence-corrected chi connectivity index (χ2v) is 8.09. The lowest BCUT2D eigenvalue weighted by atomic mass is 9.74. The summed E-state index contributed by atoms with van der Waals surface area (Å²) in [7, 11) is 0. The minimum absolute atomic E-state index is 0.0662. The maximum atomic E-state index is 12.6. The van der Waals surface area contributed by atoms with Gasteiger partial charge in [-0.15, -0.1) is 0 Å². The van der Waals surface area contributed by atoms with Crippen LogP contribution in [0.3, 0.4) is 0 Å². The predicted molar refractivity (Wildman–Crippen MR) is 101 cm³/mol. The van der Waals surface area contributed by atoms with Crippen molar-refractivity contribution in [2.45, 2.75) is 46.2 Å². The molecule has 0 spiro atoms. The van der Waals surface area contributed by atoms with E-state index in [1.165, 1.54) is 11.3 Å². The highest BCUT2D eigenvalue weighted by Crippen LogP contribution is 2.41. The fourth-order valence-corrected chi connectivity index (χ4v) is 3.82. The third kappa shape index (κ3) is 3.65. The Balaban J connectivity index is 1.61. The molecule has 6 heteroatoms. The van der Waals surface area contributed by atoms with Gasteiger partial charge in [0, 0.05) is 17.3 Å². The van der Waals surface area contributed by atoms with Crippen molar-refractivity contribution in [3.05, 3.63) is 70.9 Å². The van der Waals surface area contributed by atoms with Gasteiger partial charge in [0.25, 0.3) is 5.91 Å². The minimum atomic E-state index is -0.236. The summed E-state index contributed by atoms with van der Waals surface area (Å²) in [5.41, 5.74) is 4.26. The fourth-order valence-electron chi connectivity index (χ4n) is 3.82. The number of hydrogen-bond acceptors (Lipinski definition) is 4. The first kappa shape index (κ1) is 17.5. The van der Waals surface area contributed by atoms with Gasteiger partial charge in [-0.3, -0.25) is 9.48 Å². The van der Waals surface area contributed by atoms with Crippen molar-refractivity contribution < 1.29 is 9.32 Å². The number of carbonyl (C=O) groups excluding carboxylic acids is 1. The molecule has 0 saturated carbocycles. The van der Waals surface area contributed by atoms with Gasteiger partial charge in [0.15, 0.2) is 0 Å². The van der Waals surface area contributed by atoms with Crippen molar-refractivity contribution in [1.82, 2.24) is 20.3 Å². The number of fused-ring (bicyclic) bond motifs is 1. The number of aryl methyl sites for hydroxylation is 1. The van der Waals surface area contributed by atoms with E-state index >= 15 is 0 Å². The standard InChI is InChI=1S/C21H24N4O2/c1-14-9-19(27-24-14)20(26)23-17-10-21(2,3)11-18-16(17)12-22-25(18)13-15-7-5-4-6-8-15/h4-9,12,17H,10-11,13H2,1-3H3,(H,23,26). The molecule has 1 N–H and O–H groups in total. The molecule has 2 aromatic heterocycles. The monoisotopic (exact) mass is 364 g/mol. The van der Waals surface area contributed by atoms with Crippen LogP contribution in [0.4, 0.5) is 0 Å². The molecule has 1 aromatic carbocycles. The molecule has 0 bridgehead atoms. The summed E-state index contributed by atoms with van der Waals surface area (Å²) in [6.45, 7) is 6.99. The van der Waals surface area contributed by atoms with E-state index in [-0.39, 0.29) is 23.1 Å². The zero-order valence-electron chi connectivity index (χ0n) is 15.9. The highest BCUT2D eigenvalue weighted by atomic mass is 16.5. The number of rotatable bonds is 4. The maximum absolute atomic E-state index is 12.6. The lowest BCUT2D eigenvalue weighted by molar-refractivity contribution is 0.0881. The lowest BCUT2D eigenvalue weighted by Crippen LogP contribution is -2.36. The first-order valence-corrected chi connectivity index (χ1v) is 9.24. The molecule has 4 rings (SSSR count). The highest BCUT2D eigenvalue weighted by molar-refractivity contribution is 5.91. The van der Waals surface area contributed by atoms with Crippen molar-refractivity contribution in [3.63, 3.8) is 0 Å². The summed E-state index contributed by atoms with van der Waals surface area (Å²) in [4.78, 5) is 12.6. The Labute approximate surface area is 158 Å². The van der Waals surface area contributed by atoms with Gasteiger partial charge in [0.05, 0.1) is 24.5 Å². The average molecular weight is 364 g/mol. The summed E-state index contributed by atoms with van der Waals surface area (Å²) >= 11 is 0. The largest absolute Gasteiger partial charge is 0.351 e. The van der Waals surface area contributed by atoms with Gasteiger partial charge in [0.1, 0.15) is 0 Å². The van der Waals surface area contributed by atoms with E-state index in [1.807, 2.05) is 24.4 Å². The third-order valence-electron chi connectivity index (χ3n) is 5.09. The molecule has 1 aliphatic rings. The van der Waals surface area contributed by atoms with E-state index in [2.05, 4.69) is 46.2 Å². The van der Waals surface area contributed by atoms with Crippen LogP contribution in [0.25, 0.3) is 0 Å².